The van der Waals surface area contributed by atoms with E-state index in [1.807, 2.05) is 30.0 Å². The van der Waals surface area contributed by atoms with Crippen LogP contribution in [0.15, 0.2) is 24.3 Å². The number of nitrogens with one attached hydrogen (secondary N) is 1. The van der Waals surface area contributed by atoms with Gasteiger partial charge in [0.05, 0.1) is 12.2 Å². The van der Waals surface area contributed by atoms with Crippen LogP contribution in [0.2, 0.25) is 0 Å². The number of amides is 1. The summed E-state index contributed by atoms with van der Waals surface area (Å²) in [4.78, 5) is 12.2. The number of unbranched alkanes of at least 4 members (excludes halogenated alkanes) is 2. The predicted molar refractivity (Wildman–Crippen MR) is 89.6 cm³/mol. The highest BCUT2D eigenvalue weighted by molar-refractivity contribution is 7.98. The normalized spacial score (nSPS) is 9.81. The highest BCUT2D eigenvalue weighted by atomic mass is 32.2. The second-order valence-electron chi connectivity index (χ2n) is 4.63. The monoisotopic (exact) mass is 305 g/mol. The van der Waals surface area contributed by atoms with E-state index >= 15 is 0 Å². The van der Waals surface area contributed by atoms with Crippen molar-refractivity contribution < 1.29 is 9.90 Å². The summed E-state index contributed by atoms with van der Waals surface area (Å²) in [6.07, 6.45) is 5.87. The summed E-state index contributed by atoms with van der Waals surface area (Å²) in [5.41, 5.74) is 1.32. The van der Waals surface area contributed by atoms with Crippen LogP contribution in [0.25, 0.3) is 0 Å². The number of rotatable bonds is 8. The molecule has 2 N–H and O–H groups in total. The van der Waals surface area contributed by atoms with E-state index in [1.165, 1.54) is 12.2 Å². The predicted octanol–water partition coefficient (Wildman–Crippen LogP) is 2.68. The van der Waals surface area contributed by atoms with Crippen molar-refractivity contribution in [3.8, 4) is 11.8 Å². The standard InChI is InChI=1S/C17H23NO2S/c1-21-14-8-2-6-12-18-17(20)16-11-4-3-9-15(16)10-5-7-13-19/h3-4,9,11,19H,2,6-8,12-14H2,1H3,(H,18,20). The largest absolute Gasteiger partial charge is 0.395 e. The highest BCUT2D eigenvalue weighted by Gasteiger charge is 2.08. The van der Waals surface area contributed by atoms with Crippen molar-refractivity contribution in [2.45, 2.75) is 25.7 Å². The molecule has 0 saturated heterocycles. The maximum absolute atomic E-state index is 12.2. The first-order chi connectivity index (χ1) is 10.3. The molecule has 0 fully saturated rings. The van der Waals surface area contributed by atoms with Gasteiger partial charge in [0.2, 0.25) is 0 Å². The summed E-state index contributed by atoms with van der Waals surface area (Å²) in [6, 6.07) is 7.32. The summed E-state index contributed by atoms with van der Waals surface area (Å²) in [7, 11) is 0. The van der Waals surface area contributed by atoms with E-state index < -0.39 is 0 Å². The van der Waals surface area contributed by atoms with E-state index in [1.54, 1.807) is 6.07 Å². The van der Waals surface area contributed by atoms with Gasteiger partial charge in [-0.05, 0) is 37.0 Å². The van der Waals surface area contributed by atoms with Gasteiger partial charge in [0.15, 0.2) is 0 Å². The molecule has 1 aromatic rings. The quantitative estimate of drug-likeness (QED) is 0.573. The lowest BCUT2D eigenvalue weighted by Gasteiger charge is -2.07. The molecule has 4 heteroatoms. The minimum absolute atomic E-state index is 0.0391. The molecule has 0 aliphatic heterocycles. The van der Waals surface area contributed by atoms with E-state index in [0.717, 1.165) is 12.8 Å². The van der Waals surface area contributed by atoms with Crippen molar-refractivity contribution in [2.75, 3.05) is 25.2 Å². The number of hydrogen-bond acceptors (Lipinski definition) is 3. The zero-order chi connectivity index (χ0) is 15.3. The lowest BCUT2D eigenvalue weighted by Crippen LogP contribution is -2.25. The Balaban J connectivity index is 2.48. The van der Waals surface area contributed by atoms with Crippen molar-refractivity contribution in [3.05, 3.63) is 35.4 Å². The summed E-state index contributed by atoms with van der Waals surface area (Å²) in [6.45, 7) is 0.739. The molecule has 0 saturated carbocycles. The van der Waals surface area contributed by atoms with Crippen LogP contribution in [-0.4, -0.2) is 36.2 Å². The smallest absolute Gasteiger partial charge is 0.252 e. The fourth-order valence-corrected chi connectivity index (χ4v) is 2.34. The third-order valence-electron chi connectivity index (χ3n) is 2.94. The van der Waals surface area contributed by atoms with Crippen LogP contribution in [0.4, 0.5) is 0 Å². The minimum atomic E-state index is -0.0752. The molecule has 0 bridgehead atoms. The molecular formula is C17H23NO2S. The fourth-order valence-electron chi connectivity index (χ4n) is 1.85. The Labute approximate surface area is 131 Å². The highest BCUT2D eigenvalue weighted by Crippen LogP contribution is 2.07. The van der Waals surface area contributed by atoms with Crippen LogP contribution in [-0.2, 0) is 0 Å². The van der Waals surface area contributed by atoms with Crippen molar-refractivity contribution in [1.29, 1.82) is 0 Å². The molecule has 1 rings (SSSR count). The number of aliphatic hydroxyl groups is 1. The molecule has 0 aromatic heterocycles. The number of hydrogen-bond donors (Lipinski definition) is 2. The van der Waals surface area contributed by atoms with E-state index in [2.05, 4.69) is 23.4 Å². The summed E-state index contributed by atoms with van der Waals surface area (Å²) in [5.74, 6) is 6.90. The first kappa shape index (κ1) is 17.6. The molecule has 0 aliphatic rings. The molecule has 3 nitrogen and oxygen atoms in total. The third kappa shape index (κ3) is 7.22. The van der Waals surface area contributed by atoms with Crippen molar-refractivity contribution in [3.63, 3.8) is 0 Å². The Morgan fingerprint density at radius 1 is 1.29 bits per heavy atom. The van der Waals surface area contributed by atoms with Gasteiger partial charge in [-0.3, -0.25) is 4.79 Å². The molecule has 0 radical (unpaired) electrons. The van der Waals surface area contributed by atoms with E-state index in [-0.39, 0.29) is 12.5 Å². The average Bonchev–Trinajstić information content (AvgIpc) is 2.51. The molecule has 0 aliphatic carbocycles. The lowest BCUT2D eigenvalue weighted by atomic mass is 10.1. The molecule has 1 amide bonds. The minimum Gasteiger partial charge on any atom is -0.395 e. The Morgan fingerprint density at radius 2 is 2.10 bits per heavy atom. The van der Waals surface area contributed by atoms with E-state index in [4.69, 9.17) is 5.11 Å². The fraction of sp³-hybridized carbons (Fsp3) is 0.471. The number of carbonyl (C=O) groups is 1. The molecule has 0 atom stereocenters. The Bertz CT molecular complexity index is 491. The molecule has 0 heterocycles. The van der Waals surface area contributed by atoms with Gasteiger partial charge in [-0.2, -0.15) is 11.8 Å². The number of benzene rings is 1. The molecular weight excluding hydrogens is 282 g/mol. The third-order valence-corrected chi connectivity index (χ3v) is 3.64. The number of thioether (sulfide) groups is 1. The van der Waals surface area contributed by atoms with E-state index in [0.29, 0.717) is 24.1 Å². The SMILES string of the molecule is CSCCCCCNC(=O)c1ccccc1C#CCCO. The van der Waals surface area contributed by atoms with Gasteiger partial charge in [-0.25, -0.2) is 0 Å². The van der Waals surface area contributed by atoms with Crippen LogP contribution in [0.3, 0.4) is 0 Å². The van der Waals surface area contributed by atoms with Crippen LogP contribution in [0.5, 0.6) is 0 Å². The second kappa shape index (κ2) is 11.2. The van der Waals surface area contributed by atoms with Crippen LogP contribution in [0, 0.1) is 11.8 Å². The van der Waals surface area contributed by atoms with Gasteiger partial charge >= 0.3 is 0 Å². The summed E-state index contributed by atoms with van der Waals surface area (Å²) < 4.78 is 0. The maximum Gasteiger partial charge on any atom is 0.252 e. The maximum atomic E-state index is 12.2. The summed E-state index contributed by atoms with van der Waals surface area (Å²) >= 11 is 1.85. The van der Waals surface area contributed by atoms with Gasteiger partial charge in [0.25, 0.3) is 5.91 Å². The van der Waals surface area contributed by atoms with Gasteiger partial charge in [-0.1, -0.05) is 30.4 Å². The van der Waals surface area contributed by atoms with Crippen molar-refractivity contribution in [1.82, 2.24) is 5.32 Å². The Kier molecular flexibility index (Phi) is 9.43. The second-order valence-corrected chi connectivity index (χ2v) is 5.62. The van der Waals surface area contributed by atoms with Crippen LogP contribution in [0.1, 0.15) is 41.6 Å². The van der Waals surface area contributed by atoms with Crippen molar-refractivity contribution in [2.24, 2.45) is 0 Å². The molecule has 21 heavy (non-hydrogen) atoms. The number of aliphatic hydroxyl groups excluding tert-OH is 1. The Hall–Kier alpha value is -1.44. The first-order valence-electron chi connectivity index (χ1n) is 7.25. The number of carbonyl (C=O) groups excluding carboxylic acids is 1. The zero-order valence-corrected chi connectivity index (χ0v) is 13.3. The van der Waals surface area contributed by atoms with Gasteiger partial charge < -0.3 is 10.4 Å². The lowest BCUT2D eigenvalue weighted by molar-refractivity contribution is 0.0953. The summed E-state index contributed by atoms with van der Waals surface area (Å²) in [5, 5.41) is 11.7. The zero-order valence-electron chi connectivity index (χ0n) is 12.5. The molecule has 1 aromatic carbocycles. The van der Waals surface area contributed by atoms with E-state index in [9.17, 15) is 4.79 Å². The van der Waals surface area contributed by atoms with Gasteiger partial charge in [-0.15, -0.1) is 0 Å². The van der Waals surface area contributed by atoms with Gasteiger partial charge in [0.1, 0.15) is 0 Å². The average molecular weight is 305 g/mol. The topological polar surface area (TPSA) is 49.3 Å². The van der Waals surface area contributed by atoms with Gasteiger partial charge in [0, 0.05) is 18.5 Å². The van der Waals surface area contributed by atoms with Crippen molar-refractivity contribution >= 4 is 17.7 Å². The first-order valence-corrected chi connectivity index (χ1v) is 8.65. The Morgan fingerprint density at radius 3 is 2.86 bits per heavy atom. The molecule has 114 valence electrons. The molecule has 0 spiro atoms. The van der Waals surface area contributed by atoms with Crippen LogP contribution >= 0.6 is 11.8 Å². The van der Waals surface area contributed by atoms with Crippen LogP contribution < -0.4 is 5.32 Å². The molecule has 0 unspecified atom stereocenters.